The van der Waals surface area contributed by atoms with E-state index in [9.17, 15) is 4.79 Å². The van der Waals surface area contributed by atoms with E-state index in [-0.39, 0.29) is 5.91 Å². The van der Waals surface area contributed by atoms with Gasteiger partial charge < -0.3 is 9.88 Å². The number of benzene rings is 3. The zero-order valence-corrected chi connectivity index (χ0v) is 20.2. The predicted molar refractivity (Wildman–Crippen MR) is 140 cm³/mol. The van der Waals surface area contributed by atoms with Gasteiger partial charge in [-0.1, -0.05) is 77.8 Å². The molecule has 0 saturated carbocycles. The molecule has 0 saturated heterocycles. The van der Waals surface area contributed by atoms with Gasteiger partial charge in [-0.25, -0.2) is 4.98 Å². The fourth-order valence-corrected chi connectivity index (χ4v) is 4.74. The van der Waals surface area contributed by atoms with E-state index in [2.05, 4.69) is 10.3 Å². The minimum atomic E-state index is -0.642. The van der Waals surface area contributed by atoms with Crippen molar-refractivity contribution in [1.82, 2.24) is 19.9 Å². The first-order chi connectivity index (χ1) is 17.1. The number of halogens is 2. The van der Waals surface area contributed by atoms with Gasteiger partial charge in [-0.2, -0.15) is 0 Å². The number of carbonyl (C=O) groups excluding carboxylic acids is 1. The summed E-state index contributed by atoms with van der Waals surface area (Å²) in [5.41, 5.74) is 4.20. The topological polar surface area (TPSA) is 59.8 Å². The Morgan fingerprint density at radius 2 is 1.63 bits per heavy atom. The Labute approximate surface area is 213 Å². The number of carbonyl (C=O) groups is 1. The maximum absolute atomic E-state index is 13.8. The van der Waals surface area contributed by atoms with Crippen molar-refractivity contribution >= 4 is 40.1 Å². The standard InChI is InChI=1S/C28H22Cl2N4O/c29-22-11-6-12-23(30)21(22)16-26-33-24-13-4-5-14-25(24)34(26)27(20-9-2-1-3-10-20)28(35)32-18-19-8-7-15-31-17-19/h1-15,17,27H,16,18H2,(H,32,35). The van der Waals surface area contributed by atoms with Crippen LogP contribution in [0.1, 0.15) is 28.6 Å². The van der Waals surface area contributed by atoms with Gasteiger partial charge in [-0.05, 0) is 47.0 Å². The molecule has 0 radical (unpaired) electrons. The monoisotopic (exact) mass is 500 g/mol. The molecule has 1 amide bonds. The number of pyridine rings is 1. The molecule has 0 spiro atoms. The van der Waals surface area contributed by atoms with Gasteiger partial charge in [0.1, 0.15) is 11.9 Å². The number of aromatic nitrogens is 3. The first-order valence-electron chi connectivity index (χ1n) is 11.2. The number of imidazole rings is 1. The van der Waals surface area contributed by atoms with Crippen molar-refractivity contribution in [2.24, 2.45) is 0 Å². The Hall–Kier alpha value is -3.67. The Bertz CT molecular complexity index is 1450. The number of amides is 1. The van der Waals surface area contributed by atoms with E-state index in [0.717, 1.165) is 27.7 Å². The SMILES string of the molecule is O=C(NCc1cccnc1)C(c1ccccc1)n1c(Cc2c(Cl)cccc2Cl)nc2ccccc21. The zero-order valence-electron chi connectivity index (χ0n) is 18.7. The lowest BCUT2D eigenvalue weighted by Crippen LogP contribution is -2.33. The van der Waals surface area contributed by atoms with Gasteiger partial charge in [0.05, 0.1) is 11.0 Å². The third-order valence-electron chi connectivity index (χ3n) is 5.88. The van der Waals surface area contributed by atoms with Crippen molar-refractivity contribution in [3.63, 3.8) is 0 Å². The van der Waals surface area contributed by atoms with Gasteiger partial charge in [0.15, 0.2) is 0 Å². The molecule has 1 unspecified atom stereocenters. The average molecular weight is 501 g/mol. The molecule has 5 rings (SSSR count). The molecule has 2 heterocycles. The van der Waals surface area contributed by atoms with E-state index in [1.807, 2.05) is 89.5 Å². The van der Waals surface area contributed by atoms with Crippen LogP contribution in [0.3, 0.4) is 0 Å². The van der Waals surface area contributed by atoms with Crippen LogP contribution in [0.4, 0.5) is 0 Å². The molecule has 7 heteroatoms. The summed E-state index contributed by atoms with van der Waals surface area (Å²) in [6.45, 7) is 0.369. The summed E-state index contributed by atoms with van der Waals surface area (Å²) in [6, 6.07) is 26.1. The van der Waals surface area contributed by atoms with E-state index < -0.39 is 6.04 Å². The molecule has 0 bridgehead atoms. The number of para-hydroxylation sites is 2. The molecule has 5 nitrogen and oxygen atoms in total. The Morgan fingerprint density at radius 3 is 2.37 bits per heavy atom. The molecule has 0 aliphatic carbocycles. The van der Waals surface area contributed by atoms with Crippen LogP contribution in [-0.4, -0.2) is 20.4 Å². The van der Waals surface area contributed by atoms with Crippen molar-refractivity contribution in [3.8, 4) is 0 Å². The van der Waals surface area contributed by atoms with Crippen molar-refractivity contribution in [2.45, 2.75) is 19.0 Å². The quantitative estimate of drug-likeness (QED) is 0.288. The summed E-state index contributed by atoms with van der Waals surface area (Å²) >= 11 is 13.0. The maximum atomic E-state index is 13.8. The highest BCUT2D eigenvalue weighted by atomic mass is 35.5. The number of fused-ring (bicyclic) bond motifs is 1. The van der Waals surface area contributed by atoms with Crippen LogP contribution in [0.2, 0.25) is 10.0 Å². The number of hydrogen-bond donors (Lipinski definition) is 1. The molecular weight excluding hydrogens is 479 g/mol. The Balaban J connectivity index is 1.62. The van der Waals surface area contributed by atoms with Crippen LogP contribution in [0.15, 0.2) is 97.3 Å². The third-order valence-corrected chi connectivity index (χ3v) is 6.59. The summed E-state index contributed by atoms with van der Waals surface area (Å²) in [7, 11) is 0. The van der Waals surface area contributed by atoms with E-state index in [1.165, 1.54) is 0 Å². The van der Waals surface area contributed by atoms with E-state index >= 15 is 0 Å². The minimum Gasteiger partial charge on any atom is -0.350 e. The van der Waals surface area contributed by atoms with E-state index in [0.29, 0.717) is 28.8 Å². The van der Waals surface area contributed by atoms with E-state index in [4.69, 9.17) is 28.2 Å². The summed E-state index contributed by atoms with van der Waals surface area (Å²) in [6.07, 6.45) is 3.84. The molecule has 3 aromatic carbocycles. The third kappa shape index (κ3) is 4.92. The summed E-state index contributed by atoms with van der Waals surface area (Å²) in [4.78, 5) is 22.8. The highest BCUT2D eigenvalue weighted by molar-refractivity contribution is 6.36. The highest BCUT2D eigenvalue weighted by Gasteiger charge is 2.28. The second-order valence-corrected chi connectivity index (χ2v) is 8.97. The largest absolute Gasteiger partial charge is 0.350 e. The summed E-state index contributed by atoms with van der Waals surface area (Å²) < 4.78 is 1.99. The van der Waals surface area contributed by atoms with E-state index in [1.54, 1.807) is 12.4 Å². The Kier molecular flexibility index (Phi) is 6.80. The molecule has 2 aromatic heterocycles. The van der Waals surface area contributed by atoms with Gasteiger partial charge in [0.25, 0.3) is 0 Å². The molecule has 0 fully saturated rings. The first kappa shape index (κ1) is 23.1. The van der Waals surface area contributed by atoms with Crippen LogP contribution >= 0.6 is 23.2 Å². The molecule has 35 heavy (non-hydrogen) atoms. The Morgan fingerprint density at radius 1 is 0.886 bits per heavy atom. The predicted octanol–water partition coefficient (Wildman–Crippen LogP) is 6.23. The lowest BCUT2D eigenvalue weighted by atomic mass is 10.0. The lowest BCUT2D eigenvalue weighted by molar-refractivity contribution is -0.123. The lowest BCUT2D eigenvalue weighted by Gasteiger charge is -2.22. The van der Waals surface area contributed by atoms with Crippen LogP contribution in [0.25, 0.3) is 11.0 Å². The second-order valence-electron chi connectivity index (χ2n) is 8.16. The van der Waals surface area contributed by atoms with Crippen LogP contribution < -0.4 is 5.32 Å². The van der Waals surface area contributed by atoms with Gasteiger partial charge in [0.2, 0.25) is 5.91 Å². The van der Waals surface area contributed by atoms with Gasteiger partial charge in [0, 0.05) is 35.4 Å². The first-order valence-corrected chi connectivity index (χ1v) is 12.0. The van der Waals surface area contributed by atoms with Crippen molar-refractivity contribution in [2.75, 3.05) is 0 Å². The zero-order chi connectivity index (χ0) is 24.2. The second kappa shape index (κ2) is 10.3. The molecule has 0 aliphatic rings. The molecule has 1 N–H and O–H groups in total. The highest BCUT2D eigenvalue weighted by Crippen LogP contribution is 2.31. The minimum absolute atomic E-state index is 0.144. The van der Waals surface area contributed by atoms with Crippen molar-refractivity contribution in [3.05, 3.63) is 130 Å². The number of nitrogens with one attached hydrogen (secondary N) is 1. The van der Waals surface area contributed by atoms with Crippen LogP contribution in [0, 0.1) is 0 Å². The fourth-order valence-electron chi connectivity index (χ4n) is 4.21. The summed E-state index contributed by atoms with van der Waals surface area (Å²) in [5, 5.41) is 4.21. The fraction of sp³-hybridized carbons (Fsp3) is 0.107. The molecule has 174 valence electrons. The van der Waals surface area contributed by atoms with Crippen LogP contribution in [0.5, 0.6) is 0 Å². The summed E-state index contributed by atoms with van der Waals surface area (Å²) in [5.74, 6) is 0.557. The van der Waals surface area contributed by atoms with Gasteiger partial charge in [-0.3, -0.25) is 9.78 Å². The molecule has 0 aliphatic heterocycles. The number of rotatable bonds is 7. The molecular formula is C28H22Cl2N4O. The molecule has 5 aromatic rings. The number of nitrogens with zero attached hydrogens (tertiary/aromatic N) is 3. The van der Waals surface area contributed by atoms with Crippen LogP contribution in [-0.2, 0) is 17.8 Å². The maximum Gasteiger partial charge on any atom is 0.248 e. The normalized spacial score (nSPS) is 11.9. The van der Waals surface area contributed by atoms with Crippen molar-refractivity contribution < 1.29 is 4.79 Å². The van der Waals surface area contributed by atoms with Crippen molar-refractivity contribution in [1.29, 1.82) is 0 Å². The van der Waals surface area contributed by atoms with Gasteiger partial charge >= 0.3 is 0 Å². The number of hydrogen-bond acceptors (Lipinski definition) is 3. The molecule has 1 atom stereocenters. The average Bonchev–Trinajstić information content (AvgIpc) is 3.24. The smallest absolute Gasteiger partial charge is 0.248 e. The van der Waals surface area contributed by atoms with Gasteiger partial charge in [-0.15, -0.1) is 0 Å².